The summed E-state index contributed by atoms with van der Waals surface area (Å²) in [7, 11) is 0. The van der Waals surface area contributed by atoms with E-state index in [1.807, 2.05) is 29.6 Å². The molecular formula is C20H25N3O2S. The number of rotatable bonds is 5. The van der Waals surface area contributed by atoms with Crippen LogP contribution in [0.2, 0.25) is 0 Å². The average molecular weight is 372 g/mol. The van der Waals surface area contributed by atoms with Gasteiger partial charge in [0.25, 0.3) is 0 Å². The van der Waals surface area contributed by atoms with E-state index in [-0.39, 0.29) is 11.8 Å². The predicted octanol–water partition coefficient (Wildman–Crippen LogP) is 4.15. The number of amides is 2. The number of benzene rings is 1. The Kier molecular flexibility index (Phi) is 6.39. The Balaban J connectivity index is 1.57. The second kappa shape index (κ2) is 8.94. The summed E-state index contributed by atoms with van der Waals surface area (Å²) >= 11 is 1.54. The third-order valence-electron chi connectivity index (χ3n) is 4.57. The third-order valence-corrected chi connectivity index (χ3v) is 5.51. The van der Waals surface area contributed by atoms with Crippen LogP contribution < -0.4 is 10.6 Å². The molecule has 2 N–H and O–H groups in total. The fraction of sp³-hybridized carbons (Fsp3) is 0.450. The van der Waals surface area contributed by atoms with Crippen LogP contribution in [-0.4, -0.2) is 22.8 Å². The highest BCUT2D eigenvalue weighted by molar-refractivity contribution is 7.13. The third kappa shape index (κ3) is 5.39. The lowest BCUT2D eigenvalue weighted by atomic mass is 10.1. The Morgan fingerprint density at radius 1 is 1.12 bits per heavy atom. The van der Waals surface area contributed by atoms with Crippen LogP contribution in [0.4, 0.5) is 5.69 Å². The second-order valence-corrected chi connectivity index (χ2v) is 7.69. The standard InChI is InChI=1S/C20H25N3O2S/c1-14(24)21-17-10-8-15(9-11-17)20-23-18(13-26-20)12-19(25)22-16-6-4-2-3-5-7-16/h8-11,13,16H,2-7,12H2,1H3,(H,21,24)(H,22,25). The molecule has 0 saturated heterocycles. The van der Waals surface area contributed by atoms with Crippen molar-refractivity contribution in [3.63, 3.8) is 0 Å². The van der Waals surface area contributed by atoms with Gasteiger partial charge in [-0.05, 0) is 37.1 Å². The molecule has 1 aromatic carbocycles. The van der Waals surface area contributed by atoms with Gasteiger partial charge >= 0.3 is 0 Å². The first-order valence-corrected chi connectivity index (χ1v) is 10.1. The topological polar surface area (TPSA) is 71.1 Å². The zero-order chi connectivity index (χ0) is 18.4. The molecule has 138 valence electrons. The molecule has 2 aromatic rings. The van der Waals surface area contributed by atoms with E-state index in [1.54, 1.807) is 0 Å². The highest BCUT2D eigenvalue weighted by Crippen LogP contribution is 2.25. The molecular weight excluding hydrogens is 346 g/mol. The predicted molar refractivity (Wildman–Crippen MR) is 105 cm³/mol. The van der Waals surface area contributed by atoms with Crippen molar-refractivity contribution in [3.8, 4) is 10.6 Å². The smallest absolute Gasteiger partial charge is 0.226 e. The van der Waals surface area contributed by atoms with Crippen molar-refractivity contribution < 1.29 is 9.59 Å². The van der Waals surface area contributed by atoms with Gasteiger partial charge in [0.2, 0.25) is 11.8 Å². The largest absolute Gasteiger partial charge is 0.353 e. The molecule has 26 heavy (non-hydrogen) atoms. The molecule has 0 atom stereocenters. The molecule has 1 aliphatic carbocycles. The molecule has 1 saturated carbocycles. The van der Waals surface area contributed by atoms with Gasteiger partial charge in [-0.1, -0.05) is 25.7 Å². The molecule has 1 heterocycles. The van der Waals surface area contributed by atoms with Crippen LogP contribution in [0.15, 0.2) is 29.6 Å². The van der Waals surface area contributed by atoms with Crippen molar-refractivity contribution >= 4 is 28.8 Å². The van der Waals surface area contributed by atoms with Gasteiger partial charge in [-0.25, -0.2) is 4.98 Å². The molecule has 0 radical (unpaired) electrons. The van der Waals surface area contributed by atoms with E-state index >= 15 is 0 Å². The van der Waals surface area contributed by atoms with Crippen LogP contribution in [0.5, 0.6) is 0 Å². The summed E-state index contributed by atoms with van der Waals surface area (Å²) in [6.45, 7) is 1.49. The number of aromatic nitrogens is 1. The maximum absolute atomic E-state index is 12.3. The van der Waals surface area contributed by atoms with E-state index in [9.17, 15) is 9.59 Å². The quantitative estimate of drug-likeness (QED) is 0.776. The van der Waals surface area contributed by atoms with Crippen molar-refractivity contribution in [2.24, 2.45) is 0 Å². The van der Waals surface area contributed by atoms with Crippen LogP contribution in [0.3, 0.4) is 0 Å². The number of thiazole rings is 1. The first-order valence-electron chi connectivity index (χ1n) is 9.22. The summed E-state index contributed by atoms with van der Waals surface area (Å²) in [5.41, 5.74) is 2.56. The minimum atomic E-state index is -0.0889. The monoisotopic (exact) mass is 371 g/mol. The summed E-state index contributed by atoms with van der Waals surface area (Å²) in [5, 5.41) is 8.75. The van der Waals surface area contributed by atoms with Gasteiger partial charge in [0.05, 0.1) is 12.1 Å². The lowest BCUT2D eigenvalue weighted by Gasteiger charge is -2.15. The van der Waals surface area contributed by atoms with Crippen molar-refractivity contribution in [2.75, 3.05) is 5.32 Å². The molecule has 1 fully saturated rings. The Morgan fingerprint density at radius 3 is 2.46 bits per heavy atom. The van der Waals surface area contributed by atoms with E-state index in [4.69, 9.17) is 0 Å². The fourth-order valence-electron chi connectivity index (χ4n) is 3.29. The van der Waals surface area contributed by atoms with E-state index < -0.39 is 0 Å². The summed E-state index contributed by atoms with van der Waals surface area (Å²) in [6, 6.07) is 7.90. The first-order chi connectivity index (χ1) is 12.6. The summed E-state index contributed by atoms with van der Waals surface area (Å²) in [6.07, 6.45) is 7.49. The number of nitrogens with one attached hydrogen (secondary N) is 2. The normalized spacial score (nSPS) is 15.3. The van der Waals surface area contributed by atoms with E-state index in [0.29, 0.717) is 12.5 Å². The summed E-state index contributed by atoms with van der Waals surface area (Å²) in [5.74, 6) is -0.0243. The first kappa shape index (κ1) is 18.6. The summed E-state index contributed by atoms with van der Waals surface area (Å²) in [4.78, 5) is 28.0. The maximum Gasteiger partial charge on any atom is 0.226 e. The number of carbonyl (C=O) groups is 2. The minimum Gasteiger partial charge on any atom is -0.353 e. The minimum absolute atomic E-state index is 0.0646. The lowest BCUT2D eigenvalue weighted by molar-refractivity contribution is -0.121. The highest BCUT2D eigenvalue weighted by Gasteiger charge is 2.16. The van der Waals surface area contributed by atoms with Gasteiger partial charge in [-0.15, -0.1) is 11.3 Å². The van der Waals surface area contributed by atoms with Crippen LogP contribution in [-0.2, 0) is 16.0 Å². The van der Waals surface area contributed by atoms with Gasteiger partial charge in [-0.2, -0.15) is 0 Å². The Labute approximate surface area is 158 Å². The number of hydrogen-bond donors (Lipinski definition) is 2. The van der Waals surface area contributed by atoms with Crippen molar-refractivity contribution in [3.05, 3.63) is 35.3 Å². The maximum atomic E-state index is 12.3. The van der Waals surface area contributed by atoms with Gasteiger partial charge in [0.15, 0.2) is 0 Å². The van der Waals surface area contributed by atoms with Gasteiger partial charge in [0, 0.05) is 29.6 Å². The van der Waals surface area contributed by atoms with Crippen LogP contribution >= 0.6 is 11.3 Å². The molecule has 5 nitrogen and oxygen atoms in total. The number of nitrogens with zero attached hydrogens (tertiary/aromatic N) is 1. The highest BCUT2D eigenvalue weighted by atomic mass is 32.1. The van der Waals surface area contributed by atoms with Crippen molar-refractivity contribution in [1.82, 2.24) is 10.3 Å². The number of hydrogen-bond acceptors (Lipinski definition) is 4. The molecule has 1 aliphatic rings. The van der Waals surface area contributed by atoms with E-state index in [1.165, 1.54) is 43.9 Å². The number of carbonyl (C=O) groups excluding carboxylic acids is 2. The van der Waals surface area contributed by atoms with Gasteiger partial charge in [-0.3, -0.25) is 9.59 Å². The van der Waals surface area contributed by atoms with Crippen molar-refractivity contribution in [1.29, 1.82) is 0 Å². The van der Waals surface area contributed by atoms with Crippen molar-refractivity contribution in [2.45, 2.75) is 57.9 Å². The molecule has 2 amide bonds. The zero-order valence-electron chi connectivity index (χ0n) is 15.1. The Hall–Kier alpha value is -2.21. The molecule has 0 bridgehead atoms. The Morgan fingerprint density at radius 2 is 1.81 bits per heavy atom. The zero-order valence-corrected chi connectivity index (χ0v) is 15.9. The van der Waals surface area contributed by atoms with Gasteiger partial charge < -0.3 is 10.6 Å². The van der Waals surface area contributed by atoms with Crippen LogP contribution in [0, 0.1) is 0 Å². The molecule has 0 unspecified atom stereocenters. The molecule has 0 aliphatic heterocycles. The molecule has 0 spiro atoms. The van der Waals surface area contributed by atoms with Crippen LogP contribution in [0.1, 0.15) is 51.1 Å². The second-order valence-electron chi connectivity index (χ2n) is 6.84. The molecule has 1 aromatic heterocycles. The van der Waals surface area contributed by atoms with E-state index in [2.05, 4.69) is 15.6 Å². The molecule has 3 rings (SSSR count). The lowest BCUT2D eigenvalue weighted by Crippen LogP contribution is -2.35. The molecule has 6 heteroatoms. The fourth-order valence-corrected chi connectivity index (χ4v) is 4.11. The summed E-state index contributed by atoms with van der Waals surface area (Å²) < 4.78 is 0. The van der Waals surface area contributed by atoms with Gasteiger partial charge in [0.1, 0.15) is 5.01 Å². The van der Waals surface area contributed by atoms with Crippen LogP contribution in [0.25, 0.3) is 10.6 Å². The Bertz CT molecular complexity index is 747. The SMILES string of the molecule is CC(=O)Nc1ccc(-c2nc(CC(=O)NC3CCCCCC3)cs2)cc1. The van der Waals surface area contributed by atoms with E-state index in [0.717, 1.165) is 34.8 Å². The average Bonchev–Trinajstić information content (AvgIpc) is 2.91. The number of anilines is 1.